The Labute approximate surface area is 644 Å². The molecule has 8 heteroatoms. The van der Waals surface area contributed by atoms with Crippen molar-refractivity contribution in [1.29, 1.82) is 0 Å². The van der Waals surface area contributed by atoms with Crippen LogP contribution < -0.4 is 5.46 Å². The molecule has 0 radical (unpaired) electrons. The minimum atomic E-state index is -0.454. The van der Waals surface area contributed by atoms with Crippen LogP contribution in [0.1, 0.15) is 33.3 Å². The van der Waals surface area contributed by atoms with Crippen LogP contribution >= 0.6 is 0 Å². The minimum absolute atomic E-state index is 0. The van der Waals surface area contributed by atoms with Crippen LogP contribution in [0.5, 0.6) is 0 Å². The van der Waals surface area contributed by atoms with E-state index in [4.69, 9.17) is 28.7 Å². The third kappa shape index (κ3) is 13.1. The van der Waals surface area contributed by atoms with Crippen molar-refractivity contribution in [3.8, 4) is 156 Å². The molecule has 0 bridgehead atoms. The fourth-order valence-corrected chi connectivity index (χ4v) is 15.1. The summed E-state index contributed by atoms with van der Waals surface area (Å²) in [6.45, 7) is 10.5. The first kappa shape index (κ1) is 68.8. The monoisotopic (exact) mass is 1570 g/mol. The molecule has 1 fully saturated rings. The van der Waals surface area contributed by atoms with Gasteiger partial charge < -0.3 is 28.7 Å². The van der Waals surface area contributed by atoms with Crippen LogP contribution in [0.15, 0.2) is 345 Å². The first-order valence-electron chi connectivity index (χ1n) is 36.4. The van der Waals surface area contributed by atoms with E-state index in [1.165, 1.54) is 0 Å². The van der Waals surface area contributed by atoms with E-state index < -0.39 is 18.3 Å². The number of benzene rings is 13. The number of hydrogen-bond acceptors (Lipinski definition) is 6. The summed E-state index contributed by atoms with van der Waals surface area (Å²) in [7, 11) is -0.454. The second-order valence-corrected chi connectivity index (χ2v) is 28.6. The van der Waals surface area contributed by atoms with E-state index in [1.54, 1.807) is 0 Å². The Hall–Kier alpha value is -12.3. The van der Waals surface area contributed by atoms with Crippen molar-refractivity contribution in [3.05, 3.63) is 364 Å². The Morgan fingerprint density at radius 3 is 1.08 bits per heavy atom. The van der Waals surface area contributed by atoms with Gasteiger partial charge in [0.05, 0.1) is 11.2 Å². The maximum absolute atomic E-state index is 6.72. The maximum Gasteiger partial charge on any atom is 3.00 e. The fraction of sp³-hybridized carbons (Fsp3) is 0.0700. The smallest absolute Gasteiger partial charge is 0.456 e. The van der Waals surface area contributed by atoms with Crippen molar-refractivity contribution in [2.24, 2.45) is 0 Å². The van der Waals surface area contributed by atoms with Crippen molar-refractivity contribution in [2.75, 3.05) is 0 Å². The predicted molar refractivity (Wildman–Crippen MR) is 440 cm³/mol. The molecule has 5 heterocycles. The van der Waals surface area contributed by atoms with Crippen LogP contribution in [-0.4, -0.2) is 33.3 Å². The van der Waals surface area contributed by atoms with Crippen LogP contribution in [0.3, 0.4) is 0 Å². The molecular weight excluding hydrogens is 1490 g/mol. The first-order chi connectivity index (χ1) is 52.4. The molecule has 516 valence electrons. The number of nitrogens with zero attached hydrogens (tertiary/aromatic N) is 3. The van der Waals surface area contributed by atoms with Crippen molar-refractivity contribution >= 4 is 34.5 Å². The van der Waals surface area contributed by atoms with Gasteiger partial charge in [0.15, 0.2) is 0 Å². The normalized spacial score (nSPS) is 13.0. The summed E-state index contributed by atoms with van der Waals surface area (Å²) in [6.07, 6.45) is 5.68. The Morgan fingerprint density at radius 1 is 0.287 bits per heavy atom. The average molecular weight is 1570 g/mol. The molecule has 1 aliphatic heterocycles. The maximum atomic E-state index is 6.72. The van der Waals surface area contributed by atoms with E-state index in [0.29, 0.717) is 0 Å². The Balaban J connectivity index is 0.00000854. The van der Waals surface area contributed by atoms with Crippen molar-refractivity contribution in [2.45, 2.75) is 45.8 Å². The van der Waals surface area contributed by atoms with Crippen LogP contribution in [0.2, 0.25) is 0 Å². The van der Waals surface area contributed by atoms with Gasteiger partial charge in [0.2, 0.25) is 0 Å². The van der Waals surface area contributed by atoms with Crippen molar-refractivity contribution in [1.82, 2.24) is 15.0 Å². The van der Waals surface area contributed by atoms with E-state index in [-0.39, 0.29) is 20.1 Å². The summed E-state index contributed by atoms with van der Waals surface area (Å²) < 4.78 is 19.6. The molecule has 4 aromatic heterocycles. The molecule has 13 aromatic carbocycles. The number of hydrogen-bond donors (Lipinski definition) is 0. The van der Waals surface area contributed by atoms with Gasteiger partial charge in [-0.15, -0.1) is 71.3 Å². The molecule has 1 saturated heterocycles. The standard InChI is InChI=1S/C100H71BN3O3.Ir/c1-65-55-96(104-64-93(65)69-29-13-8-14-30-69)74-43-50-87(90(63-74)71-45-52-98-92(60-71)91-59-70(44-51-97(91)105-98)66-39-46-78(47-40-66)101-106-99(2,3)100(4,5)107-101)84-36-20-17-33-81(84)77-57-75(79-31-15-18-34-82(79)85-48-41-72(94-37-21-23-53-102-94)61-88(85)67-25-9-6-10-26-67)56-76(58-77)80-32-16-19-35-83(80)86-49-42-73(95-38-22-24-54-103-95)62-89(86)68-27-11-7-12-28-68;/h6-40,44-64H,1-5H3;/q-3;+3. The molecule has 0 spiro atoms. The van der Waals surface area contributed by atoms with Gasteiger partial charge in [-0.2, -0.15) is 0 Å². The molecule has 0 aliphatic carbocycles. The Morgan fingerprint density at radius 2 is 0.657 bits per heavy atom. The average Bonchev–Trinajstić information content (AvgIpc) is 0.872. The zero-order valence-electron chi connectivity index (χ0n) is 60.3. The summed E-state index contributed by atoms with van der Waals surface area (Å²) >= 11 is 0. The molecule has 0 unspecified atom stereocenters. The summed E-state index contributed by atoms with van der Waals surface area (Å²) in [5.41, 5.74) is 31.5. The number of aryl methyl sites for hydroxylation is 1. The van der Waals surface area contributed by atoms with Gasteiger partial charge in [0.1, 0.15) is 11.2 Å². The Bertz CT molecular complexity index is 6000. The van der Waals surface area contributed by atoms with Gasteiger partial charge in [-0.3, -0.25) is 0 Å². The van der Waals surface area contributed by atoms with Gasteiger partial charge in [0, 0.05) is 34.9 Å². The number of pyridine rings is 3. The van der Waals surface area contributed by atoms with Crippen LogP contribution in [0.25, 0.3) is 178 Å². The number of rotatable bonds is 15. The van der Waals surface area contributed by atoms with Gasteiger partial charge in [-0.25, -0.2) is 0 Å². The van der Waals surface area contributed by atoms with Gasteiger partial charge in [-0.1, -0.05) is 281 Å². The van der Waals surface area contributed by atoms with Gasteiger partial charge in [-0.05, 0) is 184 Å². The minimum Gasteiger partial charge on any atom is -0.456 e. The zero-order valence-corrected chi connectivity index (χ0v) is 62.7. The van der Waals surface area contributed by atoms with E-state index in [9.17, 15) is 0 Å². The summed E-state index contributed by atoms with van der Waals surface area (Å²) in [5.74, 6) is 0. The van der Waals surface area contributed by atoms with Crippen molar-refractivity contribution < 1.29 is 33.8 Å². The zero-order chi connectivity index (χ0) is 72.2. The molecule has 0 amide bonds. The largest absolute Gasteiger partial charge is 3.00 e. The molecule has 17 aromatic rings. The Kier molecular flexibility index (Phi) is 18.4. The molecule has 0 saturated carbocycles. The van der Waals surface area contributed by atoms with E-state index in [0.717, 1.165) is 189 Å². The molecule has 0 N–H and O–H groups in total. The quantitative estimate of drug-likeness (QED) is 0.0752. The summed E-state index contributed by atoms with van der Waals surface area (Å²) in [4.78, 5) is 14.8. The molecule has 6 nitrogen and oxygen atoms in total. The fourth-order valence-electron chi connectivity index (χ4n) is 15.1. The molecule has 108 heavy (non-hydrogen) atoms. The number of fused-ring (bicyclic) bond motifs is 3. The molecule has 18 rings (SSSR count). The molecule has 0 atom stereocenters. The van der Waals surface area contributed by atoms with Gasteiger partial charge >= 0.3 is 27.2 Å². The van der Waals surface area contributed by atoms with E-state index >= 15 is 0 Å². The van der Waals surface area contributed by atoms with Crippen molar-refractivity contribution in [3.63, 3.8) is 0 Å². The number of aromatic nitrogens is 3. The first-order valence-corrected chi connectivity index (χ1v) is 36.4. The number of furan rings is 1. The second kappa shape index (κ2) is 28.9. The van der Waals surface area contributed by atoms with Gasteiger partial charge in [0.25, 0.3) is 0 Å². The van der Waals surface area contributed by atoms with Crippen LogP contribution in [0, 0.1) is 25.1 Å². The van der Waals surface area contributed by atoms with E-state index in [1.807, 2.05) is 61.1 Å². The second-order valence-electron chi connectivity index (χ2n) is 28.6. The molecule has 1 aliphatic rings. The SMILES string of the molecule is Cc1cc(-c2[c-]cc(-c3ccccc3-c3cc(-c4ccccc4-c4c[c-]c(-c5ccccn5)cc4-c4ccccc4)cc(-c4ccccc4-c4c[c-]c(-c5ccccn5)cc4-c4ccccc4)c3)c(-c3ccc4oc5ccc(-c6ccc(B7OC(C)(C)C(C)(C)O7)cc6)cc5c4c3)c2)ncc1-c1ccccc1.[Ir+3]. The topological polar surface area (TPSA) is 70.3 Å². The van der Waals surface area contributed by atoms with Crippen LogP contribution in [0.4, 0.5) is 0 Å². The third-order valence-electron chi connectivity index (χ3n) is 21.4. The van der Waals surface area contributed by atoms with Crippen LogP contribution in [-0.2, 0) is 29.4 Å². The summed E-state index contributed by atoms with van der Waals surface area (Å²) in [6, 6.07) is 126. The molecular formula is C100H71BIrN3O3. The van der Waals surface area contributed by atoms with E-state index in [2.05, 4.69) is 332 Å². The predicted octanol–water partition coefficient (Wildman–Crippen LogP) is 25.1. The third-order valence-corrected chi connectivity index (χ3v) is 21.4. The summed E-state index contributed by atoms with van der Waals surface area (Å²) in [5, 5.41) is 2.03.